The first-order chi connectivity index (χ1) is 12.6. The molecule has 0 spiro atoms. The van der Waals surface area contributed by atoms with Gasteiger partial charge >= 0.3 is 0 Å². The Morgan fingerprint density at radius 3 is 3.04 bits per heavy atom. The van der Waals surface area contributed by atoms with Gasteiger partial charge in [0, 0.05) is 18.5 Å². The second-order valence-electron chi connectivity index (χ2n) is 6.13. The van der Waals surface area contributed by atoms with Crippen molar-refractivity contribution in [3.05, 3.63) is 36.0 Å². The van der Waals surface area contributed by atoms with Crippen molar-refractivity contribution in [2.24, 2.45) is 0 Å². The molecule has 0 bridgehead atoms. The van der Waals surface area contributed by atoms with Crippen molar-refractivity contribution in [2.75, 3.05) is 5.32 Å². The number of aromatic nitrogens is 6. The molecule has 134 valence electrons. The van der Waals surface area contributed by atoms with Crippen LogP contribution in [-0.4, -0.2) is 36.3 Å². The lowest BCUT2D eigenvalue weighted by molar-refractivity contribution is -0.114. The molecule has 0 aliphatic heterocycles. The van der Waals surface area contributed by atoms with Gasteiger partial charge in [0.05, 0.1) is 10.9 Å². The molecule has 10 heteroatoms. The monoisotopic (exact) mass is 371 g/mol. The van der Waals surface area contributed by atoms with Gasteiger partial charge < -0.3 is 9.84 Å². The smallest absolute Gasteiger partial charge is 0.239 e. The number of nitrogens with zero attached hydrogens (tertiary/aromatic N) is 6. The van der Waals surface area contributed by atoms with Crippen LogP contribution in [0.2, 0.25) is 0 Å². The van der Waals surface area contributed by atoms with Crippen LogP contribution < -0.4 is 5.32 Å². The fourth-order valence-corrected chi connectivity index (χ4v) is 3.30. The summed E-state index contributed by atoms with van der Waals surface area (Å²) in [4.78, 5) is 15.7. The van der Waals surface area contributed by atoms with Crippen molar-refractivity contribution >= 4 is 23.4 Å². The van der Waals surface area contributed by atoms with E-state index in [0.717, 1.165) is 24.4 Å². The summed E-state index contributed by atoms with van der Waals surface area (Å²) in [6, 6.07) is 7.32. The Hall–Kier alpha value is -2.75. The van der Waals surface area contributed by atoms with E-state index in [1.165, 1.54) is 18.7 Å². The van der Waals surface area contributed by atoms with Crippen molar-refractivity contribution in [1.29, 1.82) is 0 Å². The van der Waals surface area contributed by atoms with Crippen molar-refractivity contribution in [3.63, 3.8) is 0 Å². The molecule has 4 rings (SSSR count). The maximum absolute atomic E-state index is 11.2. The summed E-state index contributed by atoms with van der Waals surface area (Å²) in [6.45, 7) is 3.44. The zero-order valence-corrected chi connectivity index (χ0v) is 15.1. The Labute approximate surface area is 153 Å². The van der Waals surface area contributed by atoms with E-state index >= 15 is 0 Å². The van der Waals surface area contributed by atoms with E-state index in [0.29, 0.717) is 22.7 Å². The molecule has 1 saturated carbocycles. The molecule has 3 aromatic rings. The Morgan fingerprint density at radius 1 is 1.42 bits per heavy atom. The number of thioether (sulfide) groups is 1. The Bertz CT molecular complexity index is 934. The van der Waals surface area contributed by atoms with Gasteiger partial charge in [-0.1, -0.05) is 23.0 Å². The van der Waals surface area contributed by atoms with E-state index in [9.17, 15) is 4.79 Å². The number of amides is 1. The molecular formula is C16H17N7O2S. The van der Waals surface area contributed by atoms with E-state index in [4.69, 9.17) is 4.52 Å². The van der Waals surface area contributed by atoms with Crippen LogP contribution in [0, 0.1) is 0 Å². The molecule has 1 aliphatic rings. The van der Waals surface area contributed by atoms with Crippen molar-refractivity contribution in [2.45, 2.75) is 43.0 Å². The van der Waals surface area contributed by atoms with Crippen LogP contribution in [-0.2, 0) is 4.79 Å². The van der Waals surface area contributed by atoms with Crippen molar-refractivity contribution in [3.8, 4) is 5.69 Å². The molecule has 2 aromatic heterocycles. The highest BCUT2D eigenvalue weighted by Gasteiger charge is 2.30. The zero-order chi connectivity index (χ0) is 18.1. The van der Waals surface area contributed by atoms with Crippen LogP contribution in [0.5, 0.6) is 0 Å². The van der Waals surface area contributed by atoms with Crippen LogP contribution in [0.25, 0.3) is 5.69 Å². The molecule has 1 fully saturated rings. The standard InChI is InChI=1S/C16H17N7O2S/c1-9(15-18-14(20-25-15)11-6-7-11)26-16-19-21-22-23(16)13-5-3-4-12(8-13)17-10(2)24/h3-5,8-9,11H,6-7H2,1-2H3,(H,17,24). The SMILES string of the molecule is CC(=O)Nc1cccc(-n2nnnc2SC(C)c2nc(C3CC3)no2)c1. The minimum atomic E-state index is -0.134. The third-order valence-electron chi connectivity index (χ3n) is 3.88. The predicted octanol–water partition coefficient (Wildman–Crippen LogP) is 2.73. The summed E-state index contributed by atoms with van der Waals surface area (Å²) in [5.41, 5.74) is 1.43. The molecule has 1 aromatic carbocycles. The van der Waals surface area contributed by atoms with Gasteiger partial charge in [0.15, 0.2) is 5.82 Å². The number of hydrogen-bond acceptors (Lipinski definition) is 8. The maximum atomic E-state index is 11.2. The quantitative estimate of drug-likeness (QED) is 0.658. The number of benzene rings is 1. The molecule has 2 heterocycles. The number of carbonyl (C=O) groups is 1. The molecule has 9 nitrogen and oxygen atoms in total. The average molecular weight is 371 g/mol. The van der Waals surface area contributed by atoms with Gasteiger partial charge in [0.2, 0.25) is 17.0 Å². The van der Waals surface area contributed by atoms with E-state index < -0.39 is 0 Å². The number of carbonyl (C=O) groups excluding carboxylic acids is 1. The number of nitrogens with one attached hydrogen (secondary N) is 1. The second-order valence-corrected chi connectivity index (χ2v) is 7.44. The minimum absolute atomic E-state index is 0.0849. The maximum Gasteiger partial charge on any atom is 0.239 e. The molecule has 1 amide bonds. The van der Waals surface area contributed by atoms with Crippen molar-refractivity contribution < 1.29 is 9.32 Å². The normalized spacial score (nSPS) is 15.0. The van der Waals surface area contributed by atoms with Crippen molar-refractivity contribution in [1.82, 2.24) is 30.3 Å². The Kier molecular flexibility index (Phi) is 4.41. The van der Waals surface area contributed by atoms with E-state index in [1.54, 1.807) is 4.68 Å². The third kappa shape index (κ3) is 3.59. The third-order valence-corrected chi connectivity index (χ3v) is 4.90. The summed E-state index contributed by atoms with van der Waals surface area (Å²) in [7, 11) is 0. The molecule has 0 saturated heterocycles. The van der Waals surface area contributed by atoms with Gasteiger partial charge in [-0.25, -0.2) is 0 Å². The van der Waals surface area contributed by atoms with Gasteiger partial charge in [-0.05, 0) is 48.4 Å². The lowest BCUT2D eigenvalue weighted by atomic mass is 10.3. The van der Waals surface area contributed by atoms with Gasteiger partial charge in [-0.3, -0.25) is 4.79 Å². The first-order valence-electron chi connectivity index (χ1n) is 8.26. The first kappa shape index (κ1) is 16.7. The molecule has 1 N–H and O–H groups in total. The largest absolute Gasteiger partial charge is 0.338 e. The summed E-state index contributed by atoms with van der Waals surface area (Å²) in [6.07, 6.45) is 2.26. The van der Waals surface area contributed by atoms with Crippen LogP contribution in [0.1, 0.15) is 49.6 Å². The number of anilines is 1. The van der Waals surface area contributed by atoms with Crippen LogP contribution >= 0.6 is 11.8 Å². The molecular weight excluding hydrogens is 354 g/mol. The molecule has 26 heavy (non-hydrogen) atoms. The molecule has 0 radical (unpaired) electrons. The van der Waals surface area contributed by atoms with Crippen LogP contribution in [0.15, 0.2) is 33.9 Å². The van der Waals surface area contributed by atoms with Crippen LogP contribution in [0.3, 0.4) is 0 Å². The lowest BCUT2D eigenvalue weighted by Crippen LogP contribution is -2.07. The van der Waals surface area contributed by atoms with Gasteiger partial charge in [0.1, 0.15) is 0 Å². The van der Waals surface area contributed by atoms with Gasteiger partial charge in [0.25, 0.3) is 0 Å². The fourth-order valence-electron chi connectivity index (χ4n) is 2.46. The molecule has 1 atom stereocenters. The highest BCUT2D eigenvalue weighted by molar-refractivity contribution is 7.99. The van der Waals surface area contributed by atoms with E-state index in [2.05, 4.69) is 31.0 Å². The van der Waals surface area contributed by atoms with Gasteiger partial charge in [-0.2, -0.15) is 9.67 Å². The average Bonchev–Trinajstić information content (AvgIpc) is 3.16. The highest BCUT2D eigenvalue weighted by atomic mass is 32.2. The van der Waals surface area contributed by atoms with E-state index in [-0.39, 0.29) is 11.2 Å². The second kappa shape index (κ2) is 6.87. The van der Waals surface area contributed by atoms with Gasteiger partial charge in [-0.15, -0.1) is 5.10 Å². The molecule has 1 aliphatic carbocycles. The Morgan fingerprint density at radius 2 is 2.27 bits per heavy atom. The van der Waals surface area contributed by atoms with E-state index in [1.807, 2.05) is 31.2 Å². The summed E-state index contributed by atoms with van der Waals surface area (Å²) >= 11 is 1.43. The zero-order valence-electron chi connectivity index (χ0n) is 14.3. The first-order valence-corrected chi connectivity index (χ1v) is 9.14. The Balaban J connectivity index is 1.53. The predicted molar refractivity (Wildman–Crippen MR) is 94.0 cm³/mol. The number of hydrogen-bond donors (Lipinski definition) is 1. The lowest BCUT2D eigenvalue weighted by Gasteiger charge is -2.08. The number of rotatable bonds is 6. The van der Waals surface area contributed by atoms with Crippen LogP contribution in [0.4, 0.5) is 5.69 Å². The highest BCUT2D eigenvalue weighted by Crippen LogP contribution is 2.40. The minimum Gasteiger partial charge on any atom is -0.338 e. The summed E-state index contributed by atoms with van der Waals surface area (Å²) in [5, 5.41) is 19.2. The number of tetrazole rings is 1. The summed E-state index contributed by atoms with van der Waals surface area (Å²) < 4.78 is 6.99. The molecule has 1 unspecified atom stereocenters. The summed E-state index contributed by atoms with van der Waals surface area (Å²) in [5.74, 6) is 1.67. The fraction of sp³-hybridized carbons (Fsp3) is 0.375. The topological polar surface area (TPSA) is 112 Å².